The highest BCUT2D eigenvalue weighted by Crippen LogP contribution is 2.37. The van der Waals surface area contributed by atoms with Crippen molar-refractivity contribution in [1.29, 1.82) is 0 Å². The highest BCUT2D eigenvalue weighted by atomic mass is 35.5. The van der Waals surface area contributed by atoms with Gasteiger partial charge in [0, 0.05) is 0 Å². The van der Waals surface area contributed by atoms with Crippen LogP contribution in [0.15, 0.2) is 66.7 Å². The lowest BCUT2D eigenvalue weighted by atomic mass is 10.1. The summed E-state index contributed by atoms with van der Waals surface area (Å²) in [6.07, 6.45) is -9.86. The number of halogens is 8. The molecule has 2 nitrogen and oxygen atoms in total. The van der Waals surface area contributed by atoms with Gasteiger partial charge in [0.15, 0.2) is 0 Å². The number of benzene rings is 3. The van der Waals surface area contributed by atoms with Crippen molar-refractivity contribution < 1.29 is 26.3 Å². The summed E-state index contributed by atoms with van der Waals surface area (Å²) in [6, 6.07) is 14.4. The lowest BCUT2D eigenvalue weighted by Gasteiger charge is -2.25. The third-order valence-corrected chi connectivity index (χ3v) is 4.95. The standard InChI is InChI=1S/C21H14Cl2F6N2/c22-15-10-13(20(24,25)26)6-8-17(15)30-19(12-4-2-1-3-5-12)31-18-9-7-14(11-16(18)23)21(27,28)29/h1-11,19,30-31H. The average molecular weight is 479 g/mol. The molecule has 31 heavy (non-hydrogen) atoms. The number of hydrogen-bond acceptors (Lipinski definition) is 2. The van der Waals surface area contributed by atoms with Crippen molar-refractivity contribution in [2.75, 3.05) is 10.6 Å². The Bertz CT molecular complexity index is 986. The summed E-state index contributed by atoms with van der Waals surface area (Å²) in [4.78, 5) is 0. The number of nitrogens with one attached hydrogen (secondary N) is 2. The quantitative estimate of drug-likeness (QED) is 0.285. The monoisotopic (exact) mass is 478 g/mol. The molecule has 10 heteroatoms. The zero-order valence-corrected chi connectivity index (χ0v) is 17.0. The predicted molar refractivity (Wildman–Crippen MR) is 109 cm³/mol. The number of hydrogen-bond donors (Lipinski definition) is 2. The largest absolute Gasteiger partial charge is 0.416 e. The fraction of sp³-hybridized carbons (Fsp3) is 0.143. The molecule has 0 amide bonds. The first-order valence-electron chi connectivity index (χ1n) is 8.76. The summed E-state index contributed by atoms with van der Waals surface area (Å²) in [6.45, 7) is 0. The second-order valence-corrected chi connectivity index (χ2v) is 7.33. The van der Waals surface area contributed by atoms with E-state index in [1.807, 2.05) is 0 Å². The number of anilines is 2. The van der Waals surface area contributed by atoms with Crippen molar-refractivity contribution >= 4 is 34.6 Å². The van der Waals surface area contributed by atoms with Gasteiger partial charge in [0.2, 0.25) is 0 Å². The van der Waals surface area contributed by atoms with Gasteiger partial charge in [-0.15, -0.1) is 0 Å². The van der Waals surface area contributed by atoms with E-state index in [9.17, 15) is 26.3 Å². The minimum absolute atomic E-state index is 0.170. The van der Waals surface area contributed by atoms with Gasteiger partial charge in [-0.2, -0.15) is 26.3 Å². The fourth-order valence-electron chi connectivity index (χ4n) is 2.78. The molecule has 0 aliphatic rings. The van der Waals surface area contributed by atoms with Gasteiger partial charge in [-0.3, -0.25) is 0 Å². The summed E-state index contributed by atoms with van der Waals surface area (Å²) >= 11 is 12.1. The highest BCUT2D eigenvalue weighted by molar-refractivity contribution is 6.33. The maximum atomic E-state index is 12.9. The van der Waals surface area contributed by atoms with Crippen molar-refractivity contribution in [2.45, 2.75) is 18.5 Å². The summed E-state index contributed by atoms with van der Waals surface area (Å²) < 4.78 is 77.3. The van der Waals surface area contributed by atoms with Crippen LogP contribution in [0.4, 0.5) is 37.7 Å². The number of rotatable bonds is 5. The van der Waals surface area contributed by atoms with Crippen LogP contribution in [0.1, 0.15) is 22.9 Å². The molecule has 0 radical (unpaired) electrons. The molecule has 0 saturated carbocycles. The van der Waals surface area contributed by atoms with E-state index >= 15 is 0 Å². The third-order valence-electron chi connectivity index (χ3n) is 4.33. The Balaban J connectivity index is 1.92. The Morgan fingerprint density at radius 1 is 0.613 bits per heavy atom. The van der Waals surface area contributed by atoms with Crippen LogP contribution in [-0.4, -0.2) is 0 Å². The summed E-state index contributed by atoms with van der Waals surface area (Å²) in [5.41, 5.74) is -0.774. The molecule has 0 saturated heterocycles. The molecular weight excluding hydrogens is 465 g/mol. The van der Waals surface area contributed by atoms with E-state index in [0.29, 0.717) is 5.56 Å². The molecule has 0 spiro atoms. The van der Waals surface area contributed by atoms with Crippen molar-refractivity contribution in [3.05, 3.63) is 93.5 Å². The first kappa shape index (κ1) is 23.1. The lowest BCUT2D eigenvalue weighted by molar-refractivity contribution is -0.138. The molecular formula is C21H14Cl2F6N2. The molecule has 2 N–H and O–H groups in total. The molecule has 164 valence electrons. The summed E-state index contributed by atoms with van der Waals surface area (Å²) in [5.74, 6) is 0. The van der Waals surface area contributed by atoms with Crippen LogP contribution < -0.4 is 10.6 Å². The Hall–Kier alpha value is -2.58. The lowest BCUT2D eigenvalue weighted by Crippen LogP contribution is -2.20. The third kappa shape index (κ3) is 5.77. The van der Waals surface area contributed by atoms with E-state index < -0.39 is 29.6 Å². The highest BCUT2D eigenvalue weighted by Gasteiger charge is 2.32. The minimum atomic E-state index is -4.55. The van der Waals surface area contributed by atoms with Crippen LogP contribution in [0.5, 0.6) is 0 Å². The van der Waals surface area contributed by atoms with Gasteiger partial charge >= 0.3 is 12.4 Å². The average Bonchev–Trinajstić information content (AvgIpc) is 2.69. The fourth-order valence-corrected chi connectivity index (χ4v) is 3.25. The molecule has 0 atom stereocenters. The Kier molecular flexibility index (Phi) is 6.62. The van der Waals surface area contributed by atoms with Crippen molar-refractivity contribution in [3.63, 3.8) is 0 Å². The maximum Gasteiger partial charge on any atom is 0.416 e. The van der Waals surface area contributed by atoms with Crippen LogP contribution >= 0.6 is 23.2 Å². The molecule has 0 fully saturated rings. The zero-order chi connectivity index (χ0) is 22.8. The summed E-state index contributed by atoms with van der Waals surface area (Å²) in [7, 11) is 0. The number of alkyl halides is 6. The van der Waals surface area contributed by atoms with Crippen LogP contribution in [0.25, 0.3) is 0 Å². The van der Waals surface area contributed by atoms with Gasteiger partial charge in [-0.05, 0) is 42.0 Å². The van der Waals surface area contributed by atoms with E-state index in [0.717, 1.165) is 24.3 Å². The first-order chi connectivity index (χ1) is 14.4. The SMILES string of the molecule is FC(F)(F)c1ccc(NC(Nc2ccc(C(F)(F)F)cc2Cl)c2ccccc2)c(Cl)c1. The maximum absolute atomic E-state index is 12.9. The van der Waals surface area contributed by atoms with Crippen molar-refractivity contribution in [1.82, 2.24) is 0 Å². The molecule has 0 aliphatic carbocycles. The molecule has 3 aromatic carbocycles. The molecule has 0 heterocycles. The summed E-state index contributed by atoms with van der Waals surface area (Å²) in [5, 5.41) is 5.60. The van der Waals surface area contributed by atoms with Gasteiger partial charge in [-0.25, -0.2) is 0 Å². The Morgan fingerprint density at radius 2 is 1.03 bits per heavy atom. The molecule has 3 aromatic rings. The van der Waals surface area contributed by atoms with Crippen LogP contribution in [0.3, 0.4) is 0 Å². The second-order valence-electron chi connectivity index (χ2n) is 6.52. The first-order valence-corrected chi connectivity index (χ1v) is 9.52. The second kappa shape index (κ2) is 8.88. The van der Waals surface area contributed by atoms with E-state index in [-0.39, 0.29) is 21.4 Å². The van der Waals surface area contributed by atoms with Gasteiger partial charge in [0.1, 0.15) is 6.17 Å². The Labute approximate surface area is 183 Å². The molecule has 0 aliphatic heterocycles. The van der Waals surface area contributed by atoms with E-state index in [4.69, 9.17) is 23.2 Å². The minimum Gasteiger partial charge on any atom is -0.360 e. The van der Waals surface area contributed by atoms with E-state index in [1.165, 1.54) is 12.1 Å². The van der Waals surface area contributed by atoms with Crippen LogP contribution in [0.2, 0.25) is 10.0 Å². The smallest absolute Gasteiger partial charge is 0.360 e. The zero-order valence-electron chi connectivity index (χ0n) is 15.5. The molecule has 0 aromatic heterocycles. The van der Waals surface area contributed by atoms with Gasteiger partial charge < -0.3 is 10.6 Å². The molecule has 0 bridgehead atoms. The van der Waals surface area contributed by atoms with Gasteiger partial charge in [0.05, 0.1) is 32.5 Å². The van der Waals surface area contributed by atoms with Gasteiger partial charge in [-0.1, -0.05) is 53.5 Å². The van der Waals surface area contributed by atoms with Crippen LogP contribution in [-0.2, 0) is 12.4 Å². The van der Waals surface area contributed by atoms with E-state index in [2.05, 4.69) is 10.6 Å². The van der Waals surface area contributed by atoms with Gasteiger partial charge in [0.25, 0.3) is 0 Å². The molecule has 0 unspecified atom stereocenters. The molecule has 3 rings (SSSR count). The normalized spacial score (nSPS) is 12.2. The topological polar surface area (TPSA) is 24.1 Å². The van der Waals surface area contributed by atoms with E-state index in [1.54, 1.807) is 30.3 Å². The van der Waals surface area contributed by atoms with Crippen molar-refractivity contribution in [2.24, 2.45) is 0 Å². The van der Waals surface area contributed by atoms with Crippen molar-refractivity contribution in [3.8, 4) is 0 Å². The Morgan fingerprint density at radius 3 is 1.39 bits per heavy atom. The predicted octanol–water partition coefficient (Wildman–Crippen LogP) is 8.25. The van der Waals surface area contributed by atoms with Crippen LogP contribution in [0, 0.1) is 0 Å².